The van der Waals surface area contributed by atoms with E-state index in [-0.39, 0.29) is 11.8 Å². The molecule has 19 heavy (non-hydrogen) atoms. The highest BCUT2D eigenvalue weighted by atomic mass is 79.9. The van der Waals surface area contributed by atoms with E-state index < -0.39 is 0 Å². The summed E-state index contributed by atoms with van der Waals surface area (Å²) in [6, 6.07) is 5.94. The fraction of sp³-hybridized carbons (Fsp3) is 0.500. The van der Waals surface area contributed by atoms with Gasteiger partial charge in [-0.05, 0) is 25.2 Å². The predicted octanol–water partition coefficient (Wildman–Crippen LogP) is 2.27. The number of methoxy groups -OCH3 is 1. The van der Waals surface area contributed by atoms with Crippen molar-refractivity contribution >= 4 is 21.8 Å². The first-order valence-corrected chi connectivity index (χ1v) is 6.99. The van der Waals surface area contributed by atoms with Crippen LogP contribution in [0.15, 0.2) is 22.7 Å². The minimum atomic E-state index is -0.0341. The van der Waals surface area contributed by atoms with Crippen molar-refractivity contribution in [3.63, 3.8) is 0 Å². The van der Waals surface area contributed by atoms with Crippen LogP contribution in [-0.2, 0) is 11.3 Å². The Kier molecular flexibility index (Phi) is 6.31. The smallest absolute Gasteiger partial charge is 0.223 e. The van der Waals surface area contributed by atoms with E-state index in [0.717, 1.165) is 22.3 Å². The van der Waals surface area contributed by atoms with Crippen LogP contribution in [-0.4, -0.2) is 38.6 Å². The zero-order chi connectivity index (χ0) is 14.4. The van der Waals surface area contributed by atoms with Crippen LogP contribution < -0.4 is 10.1 Å². The number of carbonyl (C=O) groups is 1. The standard InChI is InChI=1S/C14H21BrN2O2/c1-10(14(18)16-2)8-17(3)9-11-7-12(15)5-6-13(11)19-4/h5-7,10H,8-9H2,1-4H3,(H,16,18). The first-order chi connectivity index (χ1) is 8.97. The van der Waals surface area contributed by atoms with Gasteiger partial charge in [0.25, 0.3) is 0 Å². The summed E-state index contributed by atoms with van der Waals surface area (Å²) in [6.45, 7) is 3.37. The van der Waals surface area contributed by atoms with Gasteiger partial charge in [0, 0.05) is 36.1 Å². The van der Waals surface area contributed by atoms with Gasteiger partial charge in [0.15, 0.2) is 0 Å². The Morgan fingerprint density at radius 1 is 1.53 bits per heavy atom. The van der Waals surface area contributed by atoms with Gasteiger partial charge >= 0.3 is 0 Å². The largest absolute Gasteiger partial charge is 0.496 e. The van der Waals surface area contributed by atoms with Crippen molar-refractivity contribution in [1.29, 1.82) is 0 Å². The molecule has 1 unspecified atom stereocenters. The third kappa shape index (κ3) is 4.84. The average molecular weight is 329 g/mol. The second kappa shape index (κ2) is 7.50. The maximum atomic E-state index is 11.5. The third-order valence-corrected chi connectivity index (χ3v) is 3.46. The van der Waals surface area contributed by atoms with Crippen LogP contribution in [0.5, 0.6) is 5.75 Å². The molecule has 0 saturated carbocycles. The summed E-state index contributed by atoms with van der Waals surface area (Å²) in [4.78, 5) is 13.6. The van der Waals surface area contributed by atoms with E-state index in [1.807, 2.05) is 32.2 Å². The van der Waals surface area contributed by atoms with E-state index in [1.165, 1.54) is 0 Å². The van der Waals surface area contributed by atoms with Gasteiger partial charge in [0.1, 0.15) is 5.75 Å². The first kappa shape index (κ1) is 16.0. The molecule has 1 N–H and O–H groups in total. The molecule has 1 amide bonds. The van der Waals surface area contributed by atoms with Crippen LogP contribution in [0.25, 0.3) is 0 Å². The third-order valence-electron chi connectivity index (χ3n) is 2.96. The number of hydrogen-bond acceptors (Lipinski definition) is 3. The van der Waals surface area contributed by atoms with Crippen molar-refractivity contribution in [3.8, 4) is 5.75 Å². The van der Waals surface area contributed by atoms with Gasteiger partial charge in [-0.1, -0.05) is 22.9 Å². The van der Waals surface area contributed by atoms with E-state index in [4.69, 9.17) is 4.74 Å². The van der Waals surface area contributed by atoms with Crippen LogP contribution in [0, 0.1) is 5.92 Å². The molecule has 0 bridgehead atoms. The zero-order valence-electron chi connectivity index (χ0n) is 11.9. The minimum absolute atomic E-state index is 0.0341. The highest BCUT2D eigenvalue weighted by molar-refractivity contribution is 9.10. The van der Waals surface area contributed by atoms with Gasteiger partial charge < -0.3 is 15.0 Å². The summed E-state index contributed by atoms with van der Waals surface area (Å²) in [5, 5.41) is 2.67. The number of nitrogens with zero attached hydrogens (tertiary/aromatic N) is 1. The van der Waals surface area contributed by atoms with Gasteiger partial charge in [-0.2, -0.15) is 0 Å². The summed E-state index contributed by atoms with van der Waals surface area (Å²) < 4.78 is 6.37. The second-order valence-corrected chi connectivity index (χ2v) is 5.58. The van der Waals surface area contributed by atoms with Gasteiger partial charge in [-0.25, -0.2) is 0 Å². The highest BCUT2D eigenvalue weighted by Gasteiger charge is 2.15. The van der Waals surface area contributed by atoms with Crippen LogP contribution in [0.4, 0.5) is 0 Å². The molecule has 0 aliphatic carbocycles. The number of hydrogen-bond donors (Lipinski definition) is 1. The fourth-order valence-corrected chi connectivity index (χ4v) is 2.43. The summed E-state index contributed by atoms with van der Waals surface area (Å²) >= 11 is 3.46. The second-order valence-electron chi connectivity index (χ2n) is 4.67. The summed E-state index contributed by atoms with van der Waals surface area (Å²) in [5.41, 5.74) is 1.10. The van der Waals surface area contributed by atoms with E-state index in [9.17, 15) is 4.79 Å². The lowest BCUT2D eigenvalue weighted by Crippen LogP contribution is -2.34. The maximum absolute atomic E-state index is 11.5. The van der Waals surface area contributed by atoms with Gasteiger partial charge in [-0.3, -0.25) is 4.79 Å². The Morgan fingerprint density at radius 2 is 2.21 bits per heavy atom. The lowest BCUT2D eigenvalue weighted by atomic mass is 10.1. The van der Waals surface area contributed by atoms with Crippen LogP contribution in [0.3, 0.4) is 0 Å². The molecular weight excluding hydrogens is 308 g/mol. The normalized spacial score (nSPS) is 12.3. The monoisotopic (exact) mass is 328 g/mol. The van der Waals surface area contributed by atoms with E-state index in [1.54, 1.807) is 14.2 Å². The van der Waals surface area contributed by atoms with Crippen molar-refractivity contribution in [2.75, 3.05) is 27.7 Å². The number of nitrogens with one attached hydrogen (secondary N) is 1. The van der Waals surface area contributed by atoms with Crippen LogP contribution >= 0.6 is 15.9 Å². The lowest BCUT2D eigenvalue weighted by Gasteiger charge is -2.21. The first-order valence-electron chi connectivity index (χ1n) is 6.20. The molecule has 0 aliphatic rings. The molecule has 0 saturated heterocycles. The fourth-order valence-electron chi connectivity index (χ4n) is 2.02. The number of rotatable bonds is 6. The topological polar surface area (TPSA) is 41.6 Å². The molecule has 1 atom stereocenters. The summed E-state index contributed by atoms with van der Waals surface area (Å²) in [5.74, 6) is 0.892. The quantitative estimate of drug-likeness (QED) is 0.871. The number of benzene rings is 1. The zero-order valence-corrected chi connectivity index (χ0v) is 13.5. The van der Waals surface area contributed by atoms with E-state index in [2.05, 4.69) is 26.1 Å². The van der Waals surface area contributed by atoms with Crippen molar-refractivity contribution in [1.82, 2.24) is 10.2 Å². The molecule has 0 aliphatic heterocycles. The molecule has 5 heteroatoms. The number of amides is 1. The van der Waals surface area contributed by atoms with Crippen LogP contribution in [0.2, 0.25) is 0 Å². The molecule has 0 spiro atoms. The average Bonchev–Trinajstić information content (AvgIpc) is 2.37. The molecule has 0 heterocycles. The van der Waals surface area contributed by atoms with Gasteiger partial charge in [0.05, 0.1) is 7.11 Å². The van der Waals surface area contributed by atoms with Crippen LogP contribution in [0.1, 0.15) is 12.5 Å². The number of halogens is 1. The van der Waals surface area contributed by atoms with E-state index in [0.29, 0.717) is 6.54 Å². The molecule has 0 aromatic heterocycles. The molecule has 106 valence electrons. The SMILES string of the molecule is CNC(=O)C(C)CN(C)Cc1cc(Br)ccc1OC. The molecule has 1 rings (SSSR count). The Morgan fingerprint density at radius 3 is 2.79 bits per heavy atom. The molecular formula is C14H21BrN2O2. The molecule has 0 radical (unpaired) electrons. The molecule has 0 fully saturated rings. The Bertz CT molecular complexity index is 437. The van der Waals surface area contributed by atoms with Gasteiger partial charge in [-0.15, -0.1) is 0 Å². The molecule has 1 aromatic carbocycles. The van der Waals surface area contributed by atoms with Gasteiger partial charge in [0.2, 0.25) is 5.91 Å². The van der Waals surface area contributed by atoms with Crippen molar-refractivity contribution in [2.45, 2.75) is 13.5 Å². The molecule has 4 nitrogen and oxygen atoms in total. The predicted molar refractivity (Wildman–Crippen MR) is 80.3 cm³/mol. The Balaban J connectivity index is 2.68. The highest BCUT2D eigenvalue weighted by Crippen LogP contribution is 2.24. The minimum Gasteiger partial charge on any atom is -0.496 e. The summed E-state index contributed by atoms with van der Waals surface area (Å²) in [7, 11) is 5.33. The molecule has 1 aromatic rings. The Hall–Kier alpha value is -1.07. The maximum Gasteiger partial charge on any atom is 0.223 e. The Labute approximate surface area is 123 Å². The van der Waals surface area contributed by atoms with Crippen molar-refractivity contribution in [2.24, 2.45) is 5.92 Å². The lowest BCUT2D eigenvalue weighted by molar-refractivity contribution is -0.124. The summed E-state index contributed by atoms with van der Waals surface area (Å²) in [6.07, 6.45) is 0. The number of carbonyl (C=O) groups excluding carboxylic acids is 1. The van der Waals surface area contributed by atoms with Crippen molar-refractivity contribution < 1.29 is 9.53 Å². The van der Waals surface area contributed by atoms with E-state index >= 15 is 0 Å². The number of ether oxygens (including phenoxy) is 1. The van der Waals surface area contributed by atoms with Crippen molar-refractivity contribution in [3.05, 3.63) is 28.2 Å².